The van der Waals surface area contributed by atoms with E-state index in [9.17, 15) is 4.79 Å². The third kappa shape index (κ3) is 3.56. The zero-order valence-electron chi connectivity index (χ0n) is 8.72. The molecule has 1 amide bonds. The standard InChI is InChI=1S/C10H19NO/c1-6-9(4)7-11(8(2)3)10(5)12/h7-8H,6H2,1-5H3/b9-7-. The maximum atomic E-state index is 11.1. The molecule has 0 atom stereocenters. The summed E-state index contributed by atoms with van der Waals surface area (Å²) < 4.78 is 0. The largest absolute Gasteiger partial charge is 0.317 e. The van der Waals surface area contributed by atoms with Crippen molar-refractivity contribution in [3.8, 4) is 0 Å². The Labute approximate surface area is 75.3 Å². The van der Waals surface area contributed by atoms with Crippen molar-refractivity contribution in [3.05, 3.63) is 11.8 Å². The smallest absolute Gasteiger partial charge is 0.223 e. The van der Waals surface area contributed by atoms with Crippen LogP contribution in [0, 0.1) is 0 Å². The molecule has 0 aromatic heterocycles. The van der Waals surface area contributed by atoms with Crippen LogP contribution in [0.3, 0.4) is 0 Å². The van der Waals surface area contributed by atoms with Crippen LogP contribution in [0.15, 0.2) is 11.8 Å². The van der Waals surface area contributed by atoms with Gasteiger partial charge in [-0.3, -0.25) is 4.79 Å². The summed E-state index contributed by atoms with van der Waals surface area (Å²) in [4.78, 5) is 12.9. The maximum Gasteiger partial charge on any atom is 0.223 e. The van der Waals surface area contributed by atoms with E-state index in [0.717, 1.165) is 6.42 Å². The highest BCUT2D eigenvalue weighted by Gasteiger charge is 2.08. The molecule has 0 aliphatic rings. The summed E-state index contributed by atoms with van der Waals surface area (Å²) >= 11 is 0. The van der Waals surface area contributed by atoms with Gasteiger partial charge in [-0.15, -0.1) is 0 Å². The van der Waals surface area contributed by atoms with E-state index in [1.807, 2.05) is 27.0 Å². The van der Waals surface area contributed by atoms with Gasteiger partial charge in [0.25, 0.3) is 0 Å². The Morgan fingerprint density at radius 1 is 1.42 bits per heavy atom. The van der Waals surface area contributed by atoms with Gasteiger partial charge in [-0.2, -0.15) is 0 Å². The molecule has 2 heteroatoms. The highest BCUT2D eigenvalue weighted by Crippen LogP contribution is 2.05. The summed E-state index contributed by atoms with van der Waals surface area (Å²) in [7, 11) is 0. The molecule has 0 aliphatic heterocycles. The Morgan fingerprint density at radius 3 is 2.17 bits per heavy atom. The molecule has 0 aromatic rings. The molecule has 0 rings (SSSR count). The van der Waals surface area contributed by atoms with E-state index in [2.05, 4.69) is 6.92 Å². The average Bonchev–Trinajstić information content (AvgIpc) is 1.98. The Balaban J connectivity index is 4.43. The molecule has 0 aromatic carbocycles. The number of allylic oxidation sites excluding steroid dienone is 1. The van der Waals surface area contributed by atoms with Crippen LogP contribution in [0.1, 0.15) is 41.0 Å². The van der Waals surface area contributed by atoms with Gasteiger partial charge in [-0.25, -0.2) is 0 Å². The van der Waals surface area contributed by atoms with E-state index in [1.54, 1.807) is 11.8 Å². The summed E-state index contributed by atoms with van der Waals surface area (Å²) in [6.45, 7) is 9.75. The third-order valence-corrected chi connectivity index (χ3v) is 1.84. The Hall–Kier alpha value is -0.790. The first-order valence-corrected chi connectivity index (χ1v) is 4.45. The van der Waals surface area contributed by atoms with Gasteiger partial charge in [-0.1, -0.05) is 12.5 Å². The lowest BCUT2D eigenvalue weighted by Gasteiger charge is -2.21. The van der Waals surface area contributed by atoms with Crippen molar-refractivity contribution < 1.29 is 4.79 Å². The summed E-state index contributed by atoms with van der Waals surface area (Å²) in [5, 5.41) is 0. The molecule has 0 saturated heterocycles. The summed E-state index contributed by atoms with van der Waals surface area (Å²) in [6, 6.07) is 0.254. The van der Waals surface area contributed by atoms with Gasteiger partial charge in [0.2, 0.25) is 5.91 Å². The Bertz CT molecular complexity index is 182. The van der Waals surface area contributed by atoms with Crippen molar-refractivity contribution in [1.29, 1.82) is 0 Å². The zero-order valence-corrected chi connectivity index (χ0v) is 8.72. The Kier molecular flexibility index (Phi) is 4.64. The lowest BCUT2D eigenvalue weighted by atomic mass is 10.2. The third-order valence-electron chi connectivity index (χ3n) is 1.84. The molecule has 0 heterocycles. The molecule has 0 N–H and O–H groups in total. The van der Waals surface area contributed by atoms with Crippen LogP contribution in [-0.2, 0) is 4.79 Å². The average molecular weight is 169 g/mol. The van der Waals surface area contributed by atoms with Crippen molar-refractivity contribution in [2.24, 2.45) is 0 Å². The molecular formula is C10H19NO. The fourth-order valence-electron chi connectivity index (χ4n) is 0.932. The van der Waals surface area contributed by atoms with E-state index in [-0.39, 0.29) is 11.9 Å². The van der Waals surface area contributed by atoms with E-state index in [1.165, 1.54) is 5.57 Å². The number of hydrogen-bond donors (Lipinski definition) is 0. The van der Waals surface area contributed by atoms with Crippen molar-refractivity contribution in [2.75, 3.05) is 0 Å². The normalized spacial score (nSPS) is 12.0. The number of carbonyl (C=O) groups is 1. The molecular weight excluding hydrogens is 150 g/mol. The quantitative estimate of drug-likeness (QED) is 0.635. The maximum absolute atomic E-state index is 11.1. The SMILES string of the molecule is CC/C(C)=C\N(C(C)=O)C(C)C. The lowest BCUT2D eigenvalue weighted by Crippen LogP contribution is -2.30. The topological polar surface area (TPSA) is 20.3 Å². The zero-order chi connectivity index (χ0) is 9.72. The second-order valence-electron chi connectivity index (χ2n) is 3.35. The van der Waals surface area contributed by atoms with E-state index >= 15 is 0 Å². The molecule has 70 valence electrons. The highest BCUT2D eigenvalue weighted by molar-refractivity contribution is 5.74. The molecule has 0 bridgehead atoms. The predicted molar refractivity (Wildman–Crippen MR) is 51.7 cm³/mol. The monoisotopic (exact) mass is 169 g/mol. The molecule has 0 saturated carbocycles. The number of nitrogens with zero attached hydrogens (tertiary/aromatic N) is 1. The van der Waals surface area contributed by atoms with E-state index in [4.69, 9.17) is 0 Å². The van der Waals surface area contributed by atoms with Crippen molar-refractivity contribution in [3.63, 3.8) is 0 Å². The molecule has 12 heavy (non-hydrogen) atoms. The number of hydrogen-bond acceptors (Lipinski definition) is 1. The first kappa shape index (κ1) is 11.2. The highest BCUT2D eigenvalue weighted by atomic mass is 16.2. The minimum atomic E-state index is 0.109. The second-order valence-corrected chi connectivity index (χ2v) is 3.35. The summed E-state index contributed by atoms with van der Waals surface area (Å²) in [6.07, 6.45) is 2.93. The van der Waals surface area contributed by atoms with Gasteiger partial charge in [0.15, 0.2) is 0 Å². The molecule has 0 unspecified atom stereocenters. The van der Waals surface area contributed by atoms with Gasteiger partial charge >= 0.3 is 0 Å². The van der Waals surface area contributed by atoms with Gasteiger partial charge in [0, 0.05) is 19.2 Å². The van der Waals surface area contributed by atoms with E-state index < -0.39 is 0 Å². The number of rotatable bonds is 3. The molecule has 2 nitrogen and oxygen atoms in total. The Morgan fingerprint density at radius 2 is 1.92 bits per heavy atom. The van der Waals surface area contributed by atoms with Gasteiger partial charge in [0.1, 0.15) is 0 Å². The predicted octanol–water partition coefficient (Wildman–Crippen LogP) is 2.56. The molecule has 0 radical (unpaired) electrons. The summed E-state index contributed by atoms with van der Waals surface area (Å²) in [5.41, 5.74) is 1.24. The van der Waals surface area contributed by atoms with Crippen LogP contribution >= 0.6 is 0 Å². The van der Waals surface area contributed by atoms with Crippen LogP contribution in [0.2, 0.25) is 0 Å². The van der Waals surface area contributed by atoms with Gasteiger partial charge in [0.05, 0.1) is 0 Å². The van der Waals surface area contributed by atoms with Gasteiger partial charge in [-0.05, 0) is 27.2 Å². The van der Waals surface area contributed by atoms with Crippen LogP contribution in [0.25, 0.3) is 0 Å². The van der Waals surface area contributed by atoms with E-state index in [0.29, 0.717) is 0 Å². The first-order chi connectivity index (χ1) is 5.49. The van der Waals surface area contributed by atoms with Crippen molar-refractivity contribution >= 4 is 5.91 Å². The number of amides is 1. The van der Waals surface area contributed by atoms with Crippen molar-refractivity contribution in [1.82, 2.24) is 4.90 Å². The minimum absolute atomic E-state index is 0.109. The second kappa shape index (κ2) is 4.96. The lowest BCUT2D eigenvalue weighted by molar-refractivity contribution is -0.127. The molecule has 0 aliphatic carbocycles. The van der Waals surface area contributed by atoms with Crippen LogP contribution < -0.4 is 0 Å². The van der Waals surface area contributed by atoms with Crippen LogP contribution in [-0.4, -0.2) is 16.8 Å². The molecule has 0 spiro atoms. The van der Waals surface area contributed by atoms with Crippen LogP contribution in [0.5, 0.6) is 0 Å². The van der Waals surface area contributed by atoms with Crippen molar-refractivity contribution in [2.45, 2.75) is 47.1 Å². The van der Waals surface area contributed by atoms with Crippen LogP contribution in [0.4, 0.5) is 0 Å². The fraction of sp³-hybridized carbons (Fsp3) is 0.700. The minimum Gasteiger partial charge on any atom is -0.317 e. The fourth-order valence-corrected chi connectivity index (χ4v) is 0.932. The summed E-state index contributed by atoms with van der Waals surface area (Å²) in [5.74, 6) is 0.109. The van der Waals surface area contributed by atoms with Gasteiger partial charge < -0.3 is 4.90 Å². The number of carbonyl (C=O) groups excluding carboxylic acids is 1. The molecule has 0 fully saturated rings. The first-order valence-electron chi connectivity index (χ1n) is 4.45.